The maximum Gasteiger partial charge on any atom is 0.257 e. The van der Waals surface area contributed by atoms with Crippen molar-refractivity contribution >= 4 is 5.91 Å². The highest BCUT2D eigenvalue weighted by Gasteiger charge is 2.59. The summed E-state index contributed by atoms with van der Waals surface area (Å²) in [6.45, 7) is 4.21. The molecule has 0 unspecified atom stereocenters. The van der Waals surface area contributed by atoms with Crippen molar-refractivity contribution in [1.29, 1.82) is 0 Å². The minimum Gasteiger partial charge on any atom is -0.474 e. The molecule has 0 spiro atoms. The molecule has 1 saturated heterocycles. The Morgan fingerprint density at radius 3 is 2.48 bits per heavy atom. The molecule has 1 aliphatic heterocycles. The number of piperidine rings is 1. The van der Waals surface area contributed by atoms with Crippen molar-refractivity contribution in [2.24, 2.45) is 17.6 Å². The fourth-order valence-corrected chi connectivity index (χ4v) is 5.20. The lowest BCUT2D eigenvalue weighted by atomic mass is 9.95. The molecule has 4 heterocycles. The number of halogens is 2. The van der Waals surface area contributed by atoms with Gasteiger partial charge >= 0.3 is 0 Å². The van der Waals surface area contributed by atoms with Crippen molar-refractivity contribution in [3.63, 3.8) is 0 Å². The van der Waals surface area contributed by atoms with Gasteiger partial charge in [-0.05, 0) is 55.8 Å². The Kier molecular flexibility index (Phi) is 6.53. The highest BCUT2D eigenvalue weighted by atomic mass is 19.1. The third kappa shape index (κ3) is 5.04. The molecule has 1 aromatic carbocycles. The van der Waals surface area contributed by atoms with Gasteiger partial charge in [-0.2, -0.15) is 5.10 Å². The van der Waals surface area contributed by atoms with Gasteiger partial charge in [0.15, 0.2) is 0 Å². The summed E-state index contributed by atoms with van der Waals surface area (Å²) in [5, 5.41) is 4.37. The summed E-state index contributed by atoms with van der Waals surface area (Å²) >= 11 is 0. The number of hydrogen-bond donors (Lipinski definition) is 1. The van der Waals surface area contributed by atoms with E-state index in [2.05, 4.69) is 20.1 Å². The SMILES string of the molecule is CC(C)(N)c1cc(O[C@@H]2[C@@H]3CN(C(=O)c4cn(-c5ncccn5)nc4CCF)C[C@@H]32)nc(-c2ccc(F)cc2)c1. The summed E-state index contributed by atoms with van der Waals surface area (Å²) in [5.41, 5.74) is 8.74. The number of benzene rings is 1. The van der Waals surface area contributed by atoms with E-state index in [-0.39, 0.29) is 36.1 Å². The van der Waals surface area contributed by atoms with E-state index in [0.29, 0.717) is 41.9 Å². The van der Waals surface area contributed by atoms with Gasteiger partial charge in [0.2, 0.25) is 11.8 Å². The van der Waals surface area contributed by atoms with Crippen molar-refractivity contribution in [3.8, 4) is 23.1 Å². The summed E-state index contributed by atoms with van der Waals surface area (Å²) < 4.78 is 34.4. The van der Waals surface area contributed by atoms with Crippen molar-refractivity contribution in [2.75, 3.05) is 19.8 Å². The van der Waals surface area contributed by atoms with E-state index < -0.39 is 12.2 Å². The maximum absolute atomic E-state index is 13.5. The van der Waals surface area contributed by atoms with Gasteiger partial charge < -0.3 is 15.4 Å². The number of likely N-dealkylation sites (tertiary alicyclic amines) is 1. The average Bonchev–Trinajstić information content (AvgIpc) is 3.26. The summed E-state index contributed by atoms with van der Waals surface area (Å²) in [7, 11) is 0. The molecule has 3 aromatic heterocycles. The molecule has 40 heavy (non-hydrogen) atoms. The second-order valence-electron chi connectivity index (χ2n) is 10.9. The highest BCUT2D eigenvalue weighted by molar-refractivity contribution is 5.95. The van der Waals surface area contributed by atoms with Crippen molar-refractivity contribution in [2.45, 2.75) is 31.9 Å². The minimum atomic E-state index is -0.634. The molecular formula is C29H29F2N7O2. The molecule has 11 heteroatoms. The maximum atomic E-state index is 13.5. The Hall–Kier alpha value is -4.25. The first kappa shape index (κ1) is 26.0. The number of carbonyl (C=O) groups is 1. The van der Waals surface area contributed by atoms with E-state index in [9.17, 15) is 13.6 Å². The number of pyridine rings is 1. The van der Waals surface area contributed by atoms with E-state index in [1.807, 2.05) is 26.0 Å². The van der Waals surface area contributed by atoms with Gasteiger partial charge in [-0.15, -0.1) is 0 Å². The van der Waals surface area contributed by atoms with E-state index in [4.69, 9.17) is 10.5 Å². The summed E-state index contributed by atoms with van der Waals surface area (Å²) in [5.74, 6) is 0.563. The molecule has 4 aromatic rings. The third-order valence-corrected chi connectivity index (χ3v) is 7.45. The summed E-state index contributed by atoms with van der Waals surface area (Å²) in [4.78, 5) is 28.2. The number of carbonyl (C=O) groups excluding carboxylic acids is 1. The number of amides is 1. The smallest absolute Gasteiger partial charge is 0.257 e. The molecule has 1 saturated carbocycles. The number of nitrogens with zero attached hydrogens (tertiary/aromatic N) is 6. The second kappa shape index (κ2) is 10.1. The lowest BCUT2D eigenvalue weighted by Gasteiger charge is -2.22. The van der Waals surface area contributed by atoms with E-state index in [0.717, 1.165) is 11.1 Å². The van der Waals surface area contributed by atoms with Crippen LogP contribution in [0.15, 0.2) is 61.1 Å². The van der Waals surface area contributed by atoms with Gasteiger partial charge in [-0.25, -0.2) is 24.0 Å². The first-order chi connectivity index (χ1) is 19.2. The van der Waals surface area contributed by atoms with Crippen LogP contribution in [0, 0.1) is 17.7 Å². The van der Waals surface area contributed by atoms with Crippen LogP contribution in [0.5, 0.6) is 5.88 Å². The number of nitrogens with two attached hydrogens (primary N) is 1. The Morgan fingerprint density at radius 1 is 1.12 bits per heavy atom. The first-order valence-electron chi connectivity index (χ1n) is 13.2. The van der Waals surface area contributed by atoms with E-state index in [1.165, 1.54) is 16.8 Å². The predicted molar refractivity (Wildman–Crippen MR) is 143 cm³/mol. The quantitative estimate of drug-likeness (QED) is 0.359. The van der Waals surface area contributed by atoms with Gasteiger partial charge in [-0.1, -0.05) is 0 Å². The number of alkyl halides is 1. The van der Waals surface area contributed by atoms with Crippen LogP contribution in [0.3, 0.4) is 0 Å². The van der Waals surface area contributed by atoms with Gasteiger partial charge in [0.25, 0.3) is 5.91 Å². The summed E-state index contributed by atoms with van der Waals surface area (Å²) in [6, 6.07) is 11.6. The van der Waals surface area contributed by atoms with Crippen molar-refractivity contribution in [1.82, 2.24) is 29.6 Å². The van der Waals surface area contributed by atoms with Crippen LogP contribution in [-0.4, -0.2) is 61.4 Å². The van der Waals surface area contributed by atoms with Crippen LogP contribution in [-0.2, 0) is 12.0 Å². The highest BCUT2D eigenvalue weighted by Crippen LogP contribution is 2.48. The van der Waals surface area contributed by atoms with E-state index in [1.54, 1.807) is 41.7 Å². The van der Waals surface area contributed by atoms with Crippen LogP contribution in [0.1, 0.15) is 35.5 Å². The van der Waals surface area contributed by atoms with Gasteiger partial charge in [0.05, 0.1) is 23.6 Å². The standard InChI is InChI=1S/C29H29F2N7O2/c1-29(2,32)18-12-24(17-4-6-19(31)7-5-17)35-25(13-18)40-26-20-14-37(15-21(20)26)27(39)22-16-38(36-23(22)8-9-30)28-33-10-3-11-34-28/h3-7,10-13,16,20-21,26H,8-9,14-15,32H2,1-2H3/t20-,21+,26-. The third-order valence-electron chi connectivity index (χ3n) is 7.45. The lowest BCUT2D eigenvalue weighted by Crippen LogP contribution is -2.33. The Labute approximate surface area is 230 Å². The molecule has 6 rings (SSSR count). The second-order valence-corrected chi connectivity index (χ2v) is 10.9. The topological polar surface area (TPSA) is 112 Å². The number of hydrogen-bond acceptors (Lipinski definition) is 7. The first-order valence-corrected chi connectivity index (χ1v) is 13.2. The number of aryl methyl sites for hydroxylation is 1. The lowest BCUT2D eigenvalue weighted by molar-refractivity contribution is 0.0750. The molecule has 2 N–H and O–H groups in total. The molecule has 9 nitrogen and oxygen atoms in total. The number of fused-ring (bicyclic) bond motifs is 1. The van der Waals surface area contributed by atoms with Crippen LogP contribution in [0.4, 0.5) is 8.78 Å². The van der Waals surface area contributed by atoms with Crippen LogP contribution in [0.2, 0.25) is 0 Å². The monoisotopic (exact) mass is 545 g/mol. The molecule has 3 atom stereocenters. The molecule has 0 bridgehead atoms. The van der Waals surface area contributed by atoms with Gasteiger partial charge in [0, 0.05) is 67.1 Å². The molecule has 2 aliphatic rings. The molecular weight excluding hydrogens is 516 g/mol. The van der Waals surface area contributed by atoms with Gasteiger partial charge in [-0.3, -0.25) is 9.18 Å². The Balaban J connectivity index is 1.17. The zero-order valence-corrected chi connectivity index (χ0v) is 22.2. The zero-order valence-electron chi connectivity index (χ0n) is 22.2. The molecule has 2 fully saturated rings. The fraction of sp³-hybridized carbons (Fsp3) is 0.345. The Morgan fingerprint density at radius 2 is 1.82 bits per heavy atom. The molecule has 1 aliphatic carbocycles. The zero-order chi connectivity index (χ0) is 28.0. The largest absolute Gasteiger partial charge is 0.474 e. The predicted octanol–water partition coefficient (Wildman–Crippen LogP) is 3.72. The Bertz CT molecular complexity index is 1520. The number of ether oxygens (including phenoxy) is 1. The van der Waals surface area contributed by atoms with Crippen LogP contribution >= 0.6 is 0 Å². The molecule has 1 amide bonds. The molecule has 206 valence electrons. The minimum absolute atomic E-state index is 0.0310. The average molecular weight is 546 g/mol. The summed E-state index contributed by atoms with van der Waals surface area (Å²) in [6.07, 6.45) is 4.68. The van der Waals surface area contributed by atoms with Crippen LogP contribution < -0.4 is 10.5 Å². The van der Waals surface area contributed by atoms with E-state index >= 15 is 0 Å². The fourth-order valence-electron chi connectivity index (χ4n) is 5.20. The molecule has 0 radical (unpaired) electrons. The normalized spacial score (nSPS) is 19.9. The van der Waals surface area contributed by atoms with Gasteiger partial charge in [0.1, 0.15) is 11.9 Å². The number of rotatable bonds is 8. The van der Waals surface area contributed by atoms with Crippen LogP contribution in [0.25, 0.3) is 17.2 Å². The van der Waals surface area contributed by atoms with Crippen molar-refractivity contribution in [3.05, 3.63) is 83.7 Å². The van der Waals surface area contributed by atoms with Crippen molar-refractivity contribution < 1.29 is 18.3 Å². The number of aromatic nitrogens is 5.